The number of hydrogen-bond donors (Lipinski definition) is 0. The molecule has 3 aliphatic rings. The first kappa shape index (κ1) is 13.1. The van der Waals surface area contributed by atoms with Gasteiger partial charge in [0.15, 0.2) is 0 Å². The SMILES string of the molecule is CC1=NCC(C)=C2C[C@H](N(C)S(=O)(=O)C3CC3)CN12. The number of amidine groups is 1. The quantitative estimate of drug-likeness (QED) is 0.782. The maximum absolute atomic E-state index is 12.3. The smallest absolute Gasteiger partial charge is 0.217 e. The van der Waals surface area contributed by atoms with Gasteiger partial charge in [0, 0.05) is 31.8 Å². The number of aliphatic imine (C=N–C) groups is 1. The summed E-state index contributed by atoms with van der Waals surface area (Å²) >= 11 is 0. The monoisotopic (exact) mass is 283 g/mol. The van der Waals surface area contributed by atoms with Crippen LogP contribution in [0.2, 0.25) is 0 Å². The molecule has 0 N–H and O–H groups in total. The van der Waals surface area contributed by atoms with Crippen molar-refractivity contribution in [3.8, 4) is 0 Å². The molecule has 0 radical (unpaired) electrons. The molecule has 1 saturated carbocycles. The van der Waals surface area contributed by atoms with Crippen LogP contribution < -0.4 is 0 Å². The van der Waals surface area contributed by atoms with Gasteiger partial charge in [0.05, 0.1) is 11.8 Å². The van der Waals surface area contributed by atoms with Gasteiger partial charge in [-0.25, -0.2) is 8.42 Å². The van der Waals surface area contributed by atoms with Crippen LogP contribution in [0.4, 0.5) is 0 Å². The number of sulfonamides is 1. The van der Waals surface area contributed by atoms with Gasteiger partial charge in [-0.15, -0.1) is 0 Å². The van der Waals surface area contributed by atoms with E-state index in [1.807, 2.05) is 6.92 Å². The lowest BCUT2D eigenvalue weighted by molar-refractivity contribution is 0.369. The number of likely N-dealkylation sites (N-methyl/N-ethyl adjacent to an activating group) is 1. The minimum absolute atomic E-state index is 0.0544. The predicted molar refractivity (Wildman–Crippen MR) is 75.5 cm³/mol. The van der Waals surface area contributed by atoms with Crippen LogP contribution >= 0.6 is 0 Å². The van der Waals surface area contributed by atoms with Gasteiger partial charge in [-0.05, 0) is 32.3 Å². The van der Waals surface area contributed by atoms with Crippen molar-refractivity contribution in [3.05, 3.63) is 11.3 Å². The van der Waals surface area contributed by atoms with Crippen LogP contribution in [0.1, 0.15) is 33.1 Å². The molecular formula is C13H21N3O2S. The van der Waals surface area contributed by atoms with Crippen LogP contribution in [0.25, 0.3) is 0 Å². The largest absolute Gasteiger partial charge is 0.332 e. The second kappa shape index (κ2) is 4.31. The maximum Gasteiger partial charge on any atom is 0.217 e. The van der Waals surface area contributed by atoms with E-state index in [-0.39, 0.29) is 11.3 Å². The molecular weight excluding hydrogens is 262 g/mol. The first-order valence-corrected chi connectivity index (χ1v) is 8.35. The average molecular weight is 283 g/mol. The van der Waals surface area contributed by atoms with E-state index in [0.717, 1.165) is 38.2 Å². The molecule has 2 aliphatic heterocycles. The van der Waals surface area contributed by atoms with Gasteiger partial charge in [-0.2, -0.15) is 4.31 Å². The fraction of sp³-hybridized carbons (Fsp3) is 0.769. The average Bonchev–Trinajstić information content (AvgIpc) is 3.13. The molecule has 0 spiro atoms. The summed E-state index contributed by atoms with van der Waals surface area (Å²) in [5, 5.41) is -0.125. The van der Waals surface area contributed by atoms with Crippen molar-refractivity contribution in [2.45, 2.75) is 44.4 Å². The lowest BCUT2D eigenvalue weighted by Crippen LogP contribution is -2.41. The molecule has 0 bridgehead atoms. The molecule has 0 unspecified atom stereocenters. The standard InChI is InChI=1S/C13H21N3O2S/c1-9-7-14-10(2)16-8-11(6-13(9)16)15(3)19(17,18)12-4-5-12/h11-12H,4-8H2,1-3H3/t11-/m0/s1. The predicted octanol–water partition coefficient (Wildman–Crippen LogP) is 1.19. The Hall–Kier alpha value is -0.880. The van der Waals surface area contributed by atoms with Crippen LogP contribution in [-0.4, -0.2) is 54.9 Å². The van der Waals surface area contributed by atoms with Crippen LogP contribution in [0.5, 0.6) is 0 Å². The molecule has 3 rings (SSSR count). The first-order valence-electron chi connectivity index (χ1n) is 6.85. The highest BCUT2D eigenvalue weighted by Crippen LogP contribution is 2.36. The van der Waals surface area contributed by atoms with E-state index >= 15 is 0 Å². The van der Waals surface area contributed by atoms with E-state index in [1.165, 1.54) is 11.3 Å². The molecule has 1 aliphatic carbocycles. The van der Waals surface area contributed by atoms with Crippen molar-refractivity contribution in [2.75, 3.05) is 20.1 Å². The Bertz CT molecular complexity index is 560. The first-order chi connectivity index (χ1) is 8.91. The zero-order chi connectivity index (χ0) is 13.8. The lowest BCUT2D eigenvalue weighted by atomic mass is 10.1. The van der Waals surface area contributed by atoms with Gasteiger partial charge in [0.2, 0.25) is 10.0 Å². The van der Waals surface area contributed by atoms with Crippen molar-refractivity contribution in [1.82, 2.24) is 9.21 Å². The summed E-state index contributed by atoms with van der Waals surface area (Å²) in [7, 11) is -1.35. The van der Waals surface area contributed by atoms with Crippen molar-refractivity contribution in [3.63, 3.8) is 0 Å². The summed E-state index contributed by atoms with van der Waals surface area (Å²) in [5.74, 6) is 1.01. The third-order valence-electron chi connectivity index (χ3n) is 4.44. The summed E-state index contributed by atoms with van der Waals surface area (Å²) in [6.45, 7) is 5.59. The zero-order valence-electron chi connectivity index (χ0n) is 11.8. The Morgan fingerprint density at radius 2 is 2.00 bits per heavy atom. The summed E-state index contributed by atoms with van der Waals surface area (Å²) in [6, 6.07) is 0.0544. The molecule has 1 atom stereocenters. The fourth-order valence-corrected chi connectivity index (χ4v) is 4.67. The van der Waals surface area contributed by atoms with E-state index < -0.39 is 10.0 Å². The second-order valence-electron chi connectivity index (χ2n) is 5.82. The Morgan fingerprint density at radius 3 is 2.58 bits per heavy atom. The summed E-state index contributed by atoms with van der Waals surface area (Å²) in [4.78, 5) is 6.66. The summed E-state index contributed by atoms with van der Waals surface area (Å²) < 4.78 is 26.2. The molecule has 19 heavy (non-hydrogen) atoms. The molecule has 0 aromatic carbocycles. The molecule has 2 fully saturated rings. The lowest BCUT2D eigenvalue weighted by Gasteiger charge is -2.26. The Morgan fingerprint density at radius 1 is 1.32 bits per heavy atom. The highest BCUT2D eigenvalue weighted by molar-refractivity contribution is 7.90. The summed E-state index contributed by atoms with van der Waals surface area (Å²) in [6.07, 6.45) is 2.47. The van der Waals surface area contributed by atoms with E-state index in [0.29, 0.717) is 0 Å². The van der Waals surface area contributed by atoms with Crippen LogP contribution in [0.3, 0.4) is 0 Å². The highest BCUT2D eigenvalue weighted by Gasteiger charge is 2.44. The van der Waals surface area contributed by atoms with Crippen LogP contribution in [0, 0.1) is 0 Å². The Balaban J connectivity index is 1.82. The number of nitrogens with zero attached hydrogens (tertiary/aromatic N) is 3. The van der Waals surface area contributed by atoms with E-state index in [1.54, 1.807) is 11.4 Å². The van der Waals surface area contributed by atoms with Gasteiger partial charge < -0.3 is 4.90 Å². The number of rotatable bonds is 3. The fourth-order valence-electron chi connectivity index (χ4n) is 2.91. The number of hydrogen-bond acceptors (Lipinski definition) is 4. The maximum atomic E-state index is 12.3. The van der Waals surface area contributed by atoms with E-state index in [9.17, 15) is 8.42 Å². The molecule has 0 aromatic heterocycles. The third kappa shape index (κ3) is 2.10. The van der Waals surface area contributed by atoms with Crippen molar-refractivity contribution < 1.29 is 8.42 Å². The normalized spacial score (nSPS) is 27.9. The van der Waals surface area contributed by atoms with Crippen molar-refractivity contribution in [1.29, 1.82) is 0 Å². The molecule has 5 nitrogen and oxygen atoms in total. The molecule has 1 saturated heterocycles. The van der Waals surface area contributed by atoms with E-state index in [4.69, 9.17) is 0 Å². The van der Waals surface area contributed by atoms with Gasteiger partial charge in [-0.3, -0.25) is 4.99 Å². The van der Waals surface area contributed by atoms with Crippen LogP contribution in [0.15, 0.2) is 16.3 Å². The van der Waals surface area contributed by atoms with Gasteiger partial charge in [0.25, 0.3) is 0 Å². The minimum Gasteiger partial charge on any atom is -0.332 e. The molecule has 2 heterocycles. The van der Waals surface area contributed by atoms with Gasteiger partial charge in [0.1, 0.15) is 5.84 Å². The Labute approximate surface area is 115 Å². The van der Waals surface area contributed by atoms with Gasteiger partial charge >= 0.3 is 0 Å². The zero-order valence-corrected chi connectivity index (χ0v) is 12.6. The topological polar surface area (TPSA) is 53.0 Å². The highest BCUT2D eigenvalue weighted by atomic mass is 32.2. The minimum atomic E-state index is -3.08. The molecule has 0 amide bonds. The van der Waals surface area contributed by atoms with E-state index in [2.05, 4.69) is 16.8 Å². The second-order valence-corrected chi connectivity index (χ2v) is 8.09. The molecule has 106 valence electrons. The van der Waals surface area contributed by atoms with Crippen molar-refractivity contribution >= 4 is 15.9 Å². The molecule has 0 aromatic rings. The summed E-state index contributed by atoms with van der Waals surface area (Å²) in [5.41, 5.74) is 2.54. The van der Waals surface area contributed by atoms with Gasteiger partial charge in [-0.1, -0.05) is 0 Å². The molecule has 6 heteroatoms. The number of fused-ring (bicyclic) bond motifs is 1. The van der Waals surface area contributed by atoms with Crippen molar-refractivity contribution in [2.24, 2.45) is 4.99 Å². The third-order valence-corrected chi connectivity index (χ3v) is 6.85. The van der Waals surface area contributed by atoms with Crippen LogP contribution in [-0.2, 0) is 10.0 Å². The Kier molecular flexibility index (Phi) is 2.98.